The van der Waals surface area contributed by atoms with Crippen LogP contribution in [0.2, 0.25) is 0 Å². The van der Waals surface area contributed by atoms with Crippen LogP contribution in [0.4, 0.5) is 33.6 Å². The van der Waals surface area contributed by atoms with Gasteiger partial charge >= 0.3 is 6.03 Å². The zero-order valence-electron chi connectivity index (χ0n) is 35.8. The fraction of sp³-hybridized carbons (Fsp3) is 0.413. The van der Waals surface area contributed by atoms with Crippen molar-refractivity contribution in [2.45, 2.75) is 57.6 Å². The predicted molar refractivity (Wildman–Crippen MR) is 243 cm³/mol. The highest BCUT2D eigenvalue weighted by atomic mass is 16.3. The first kappa shape index (κ1) is 40.5. The Bertz CT molecular complexity index is 2800. The summed E-state index contributed by atoms with van der Waals surface area (Å²) in [5.41, 5.74) is 5.01. The van der Waals surface area contributed by atoms with Crippen molar-refractivity contribution in [3.63, 3.8) is 0 Å². The molecule has 10 rings (SSSR count). The molecule has 0 spiro atoms. The van der Waals surface area contributed by atoms with Crippen LogP contribution >= 0.6 is 0 Å². The van der Waals surface area contributed by atoms with Gasteiger partial charge in [-0.2, -0.15) is 10.1 Å². The van der Waals surface area contributed by atoms with Crippen molar-refractivity contribution >= 4 is 62.7 Å². The zero-order valence-corrected chi connectivity index (χ0v) is 35.8. The van der Waals surface area contributed by atoms with Crippen molar-refractivity contribution in [3.8, 4) is 5.82 Å². The summed E-state index contributed by atoms with van der Waals surface area (Å²) in [6, 6.07) is 18.1. The molecule has 0 radical (unpaired) electrons. The van der Waals surface area contributed by atoms with Crippen LogP contribution < -0.4 is 30.9 Å². The first-order chi connectivity index (χ1) is 30.6. The quantitative estimate of drug-likeness (QED) is 0.152. The second-order valence-electron chi connectivity index (χ2n) is 17.3. The Morgan fingerprint density at radius 2 is 1.67 bits per heavy atom. The number of amides is 3. The summed E-state index contributed by atoms with van der Waals surface area (Å²) in [4.78, 5) is 61.0. The Balaban J connectivity index is 0.744. The van der Waals surface area contributed by atoms with Crippen molar-refractivity contribution in [1.82, 2.24) is 44.3 Å². The SMILES string of the molecule is C=CCn1c(=O)c2cnc(Nc3ccc(N4CCN(CC5CCN(c6ccc7c(N8CCC(=O)NC8=O)nn(C)c7c6)CC5)CC4)cc3)nc2n1-c1ccc2c(n1)C(O)(CC)CC2. The number of hydrogen-bond donors (Lipinski definition) is 3. The van der Waals surface area contributed by atoms with Crippen molar-refractivity contribution in [3.05, 3.63) is 95.1 Å². The lowest BCUT2D eigenvalue weighted by Gasteiger charge is -2.40. The standard InChI is InChI=1S/C46H53N13O4/c1-4-19-58-43(61)36-28-47-44(51-41(36)59(58)38-13-6-31-14-18-46(63,5-2)40(31)49-38)48-32-7-9-33(10-8-32)56-25-23-54(24-26-56)29-30-15-20-55(21-16-30)34-11-12-35-37(27-34)53(3)52-42(35)57-22-17-39(60)50-45(57)62/h4,6-13,27-28,30,63H,1,5,14-26,29H2,2-3H3,(H,47,48,51)(H,50,60,62). The van der Waals surface area contributed by atoms with Crippen LogP contribution in [0.1, 0.15) is 50.3 Å². The van der Waals surface area contributed by atoms with Crippen molar-refractivity contribution in [2.24, 2.45) is 13.0 Å². The number of urea groups is 1. The van der Waals surface area contributed by atoms with E-state index in [0.29, 0.717) is 59.6 Å². The number of aromatic nitrogens is 7. The maximum Gasteiger partial charge on any atom is 0.329 e. The number of hydrogen-bond acceptors (Lipinski definition) is 12. The molecule has 0 bridgehead atoms. The first-order valence-electron chi connectivity index (χ1n) is 22.1. The van der Waals surface area contributed by atoms with Crippen molar-refractivity contribution in [2.75, 3.05) is 72.4 Å². The third-order valence-electron chi connectivity index (χ3n) is 13.5. The van der Waals surface area contributed by atoms with Gasteiger partial charge in [-0.05, 0) is 92.1 Å². The summed E-state index contributed by atoms with van der Waals surface area (Å²) in [6.45, 7) is 13.4. The Morgan fingerprint density at radius 3 is 2.41 bits per heavy atom. The first-order valence-corrected chi connectivity index (χ1v) is 22.1. The van der Waals surface area contributed by atoms with E-state index in [1.165, 1.54) is 5.69 Å². The Morgan fingerprint density at radius 1 is 0.905 bits per heavy atom. The van der Waals surface area contributed by atoms with Gasteiger partial charge in [0, 0.05) is 94.5 Å². The van der Waals surface area contributed by atoms with Gasteiger partial charge in [-0.3, -0.25) is 29.4 Å². The number of nitrogens with zero attached hydrogens (tertiary/aromatic N) is 11. The van der Waals surface area contributed by atoms with E-state index in [4.69, 9.17) is 9.97 Å². The Labute approximate surface area is 364 Å². The number of piperazine rings is 1. The molecule has 326 valence electrons. The molecule has 2 aromatic carbocycles. The molecule has 1 unspecified atom stereocenters. The molecule has 63 heavy (non-hydrogen) atoms. The maximum atomic E-state index is 13.5. The number of carbonyl (C=O) groups excluding carboxylic acids is 2. The highest BCUT2D eigenvalue weighted by Gasteiger charge is 2.37. The van der Waals surface area contributed by atoms with Crippen LogP contribution in [0.3, 0.4) is 0 Å². The smallest absolute Gasteiger partial charge is 0.329 e. The van der Waals surface area contributed by atoms with E-state index in [-0.39, 0.29) is 24.4 Å². The number of piperidine rings is 1. The minimum atomic E-state index is -0.992. The largest absolute Gasteiger partial charge is 0.384 e. The molecule has 0 saturated carbocycles. The van der Waals surface area contributed by atoms with Crippen LogP contribution in [0.5, 0.6) is 0 Å². The van der Waals surface area contributed by atoms with E-state index in [2.05, 4.69) is 66.3 Å². The van der Waals surface area contributed by atoms with Gasteiger partial charge in [-0.15, -0.1) is 6.58 Å². The minimum absolute atomic E-state index is 0.237. The van der Waals surface area contributed by atoms with Crippen LogP contribution in [0.25, 0.3) is 27.8 Å². The summed E-state index contributed by atoms with van der Waals surface area (Å²) in [5, 5.41) is 22.9. The predicted octanol–water partition coefficient (Wildman–Crippen LogP) is 4.82. The van der Waals surface area contributed by atoms with Gasteiger partial charge in [-0.25, -0.2) is 24.1 Å². The number of aliphatic hydroxyl groups is 1. The number of benzene rings is 2. The number of allylic oxidation sites excluding steroid dienone is 1. The van der Waals surface area contributed by atoms with Crippen LogP contribution in [-0.2, 0) is 30.4 Å². The van der Waals surface area contributed by atoms with E-state index >= 15 is 0 Å². The molecule has 17 nitrogen and oxygen atoms in total. The molecule has 17 heteroatoms. The average Bonchev–Trinajstić information content (AvgIpc) is 3.91. The van der Waals surface area contributed by atoms with Gasteiger partial charge in [0.1, 0.15) is 11.0 Å². The monoisotopic (exact) mass is 851 g/mol. The van der Waals surface area contributed by atoms with E-state index in [9.17, 15) is 19.5 Å². The summed E-state index contributed by atoms with van der Waals surface area (Å²) >= 11 is 0. The molecule has 3 fully saturated rings. The Kier molecular flexibility index (Phi) is 10.5. The fourth-order valence-electron chi connectivity index (χ4n) is 9.81. The third-order valence-corrected chi connectivity index (χ3v) is 13.5. The lowest BCUT2D eigenvalue weighted by atomic mass is 9.95. The second kappa shape index (κ2) is 16.3. The van der Waals surface area contributed by atoms with E-state index in [1.54, 1.807) is 26.5 Å². The molecule has 3 amide bonds. The number of aryl methyl sites for hydroxylation is 2. The summed E-state index contributed by atoms with van der Waals surface area (Å²) < 4.78 is 5.08. The molecule has 6 aromatic rings. The number of anilines is 5. The molecule has 3 N–H and O–H groups in total. The van der Waals surface area contributed by atoms with Gasteiger partial charge in [-0.1, -0.05) is 19.1 Å². The van der Waals surface area contributed by atoms with Crippen molar-refractivity contribution < 1.29 is 14.7 Å². The summed E-state index contributed by atoms with van der Waals surface area (Å²) in [7, 11) is 1.90. The molecule has 1 aliphatic carbocycles. The summed E-state index contributed by atoms with van der Waals surface area (Å²) in [6.07, 6.45) is 7.70. The van der Waals surface area contributed by atoms with E-state index in [0.717, 1.165) is 92.9 Å². The molecule has 1 atom stereocenters. The van der Waals surface area contributed by atoms with Gasteiger partial charge in [0.15, 0.2) is 17.3 Å². The van der Waals surface area contributed by atoms with Gasteiger partial charge in [0.05, 0.1) is 17.8 Å². The maximum absolute atomic E-state index is 13.5. The molecule has 3 aliphatic heterocycles. The number of imide groups is 1. The van der Waals surface area contributed by atoms with Crippen LogP contribution in [0.15, 0.2) is 78.2 Å². The molecular formula is C46H53N13O4. The fourth-order valence-corrected chi connectivity index (χ4v) is 9.81. The molecule has 4 aromatic heterocycles. The lowest BCUT2D eigenvalue weighted by molar-refractivity contribution is -0.120. The lowest BCUT2D eigenvalue weighted by Crippen LogP contribution is -2.49. The van der Waals surface area contributed by atoms with Gasteiger partial charge in [0.2, 0.25) is 11.9 Å². The highest BCUT2D eigenvalue weighted by molar-refractivity contribution is 6.09. The van der Waals surface area contributed by atoms with Crippen molar-refractivity contribution in [1.29, 1.82) is 0 Å². The van der Waals surface area contributed by atoms with Gasteiger partial charge < -0.3 is 20.2 Å². The second-order valence-corrected chi connectivity index (χ2v) is 17.3. The Hall–Kier alpha value is -6.59. The molecule has 4 aliphatic rings. The average molecular weight is 852 g/mol. The van der Waals surface area contributed by atoms with Crippen LogP contribution in [0, 0.1) is 5.92 Å². The number of carbonyl (C=O) groups is 2. The number of rotatable bonds is 11. The van der Waals surface area contributed by atoms with E-state index < -0.39 is 11.6 Å². The highest BCUT2D eigenvalue weighted by Crippen LogP contribution is 2.39. The van der Waals surface area contributed by atoms with Crippen LogP contribution in [-0.4, -0.2) is 108 Å². The normalized spacial score (nSPS) is 19.9. The number of pyridine rings is 1. The minimum Gasteiger partial charge on any atom is -0.384 e. The number of fused-ring (bicyclic) bond motifs is 3. The third kappa shape index (κ3) is 7.48. The molecular weight excluding hydrogens is 799 g/mol. The molecule has 7 heterocycles. The number of nitrogens with one attached hydrogen (secondary N) is 2. The molecule has 3 saturated heterocycles. The zero-order chi connectivity index (χ0) is 43.4. The summed E-state index contributed by atoms with van der Waals surface area (Å²) in [5.74, 6) is 1.84. The topological polar surface area (TPSA) is 175 Å². The van der Waals surface area contributed by atoms with Gasteiger partial charge in [0.25, 0.3) is 5.56 Å². The van der Waals surface area contributed by atoms with E-state index in [1.807, 2.05) is 49.0 Å².